The summed E-state index contributed by atoms with van der Waals surface area (Å²) in [5.74, 6) is 0.934. The molecule has 0 radical (unpaired) electrons. The van der Waals surface area contributed by atoms with Gasteiger partial charge in [-0.15, -0.1) is 0 Å². The Bertz CT molecular complexity index is 408. The normalized spacial score (nSPS) is 22.3. The number of aliphatic carboxylic acids is 1. The maximum Gasteiger partial charge on any atom is 0.313 e. The zero-order valence-electron chi connectivity index (χ0n) is 14.8. The highest BCUT2D eigenvalue weighted by Gasteiger charge is 2.32. The minimum absolute atomic E-state index is 0.0913. The fraction of sp³-hybridized carbons (Fsp3) is 0.789. The Morgan fingerprint density at radius 3 is 2.83 bits per heavy atom. The van der Waals surface area contributed by atoms with Gasteiger partial charge in [0.1, 0.15) is 5.78 Å². The van der Waals surface area contributed by atoms with Crippen molar-refractivity contribution in [2.75, 3.05) is 11.5 Å². The van der Waals surface area contributed by atoms with E-state index in [0.717, 1.165) is 57.1 Å². The van der Waals surface area contributed by atoms with Gasteiger partial charge in [-0.25, -0.2) is 0 Å². The first kappa shape index (κ1) is 21.2. The minimum atomic E-state index is -0.770. The average Bonchev–Trinajstić information content (AvgIpc) is 2.89. The number of allylic oxidation sites excluding steroid dienone is 1. The molecule has 0 aromatic carbocycles. The molecule has 0 spiro atoms. The number of carbonyl (C=O) groups excluding carboxylic acids is 1. The van der Waals surface area contributed by atoms with Crippen LogP contribution in [0.1, 0.15) is 64.7 Å². The van der Waals surface area contributed by atoms with E-state index in [0.29, 0.717) is 12.2 Å². The fourth-order valence-corrected chi connectivity index (χ4v) is 3.97. The van der Waals surface area contributed by atoms with Crippen LogP contribution in [0, 0.1) is 11.8 Å². The molecule has 5 heteroatoms. The molecule has 1 fully saturated rings. The number of rotatable bonds is 13. The van der Waals surface area contributed by atoms with E-state index in [1.165, 1.54) is 11.8 Å². The molecule has 0 heterocycles. The van der Waals surface area contributed by atoms with E-state index < -0.39 is 5.97 Å². The molecule has 0 amide bonds. The monoisotopic (exact) mass is 356 g/mol. The molecular formula is C19H32O4S. The molecule has 1 rings (SSSR count). The number of Topliss-reactive ketones (excluding diaryl/α,β-unsaturated/α-hetero) is 1. The van der Waals surface area contributed by atoms with Crippen molar-refractivity contribution in [2.45, 2.75) is 70.8 Å². The summed E-state index contributed by atoms with van der Waals surface area (Å²) in [6.07, 6.45) is 12.1. The summed E-state index contributed by atoms with van der Waals surface area (Å²) in [6.45, 7) is 2.15. The van der Waals surface area contributed by atoms with Crippen molar-refractivity contribution in [3.63, 3.8) is 0 Å². The summed E-state index contributed by atoms with van der Waals surface area (Å²) in [5, 5.41) is 18.6. The van der Waals surface area contributed by atoms with Gasteiger partial charge in [0.2, 0.25) is 0 Å². The van der Waals surface area contributed by atoms with E-state index in [4.69, 9.17) is 5.11 Å². The summed E-state index contributed by atoms with van der Waals surface area (Å²) in [5.41, 5.74) is 0. The van der Waals surface area contributed by atoms with Crippen molar-refractivity contribution in [3.05, 3.63) is 12.2 Å². The number of carboxylic acid groups (broad SMARTS) is 1. The molecule has 0 saturated heterocycles. The van der Waals surface area contributed by atoms with Gasteiger partial charge in [-0.1, -0.05) is 44.8 Å². The first-order valence-electron chi connectivity index (χ1n) is 9.23. The molecule has 4 nitrogen and oxygen atoms in total. The van der Waals surface area contributed by atoms with Crippen LogP contribution in [-0.2, 0) is 9.59 Å². The Hall–Kier alpha value is -0.810. The van der Waals surface area contributed by atoms with Crippen molar-refractivity contribution < 1.29 is 19.8 Å². The number of thioether (sulfide) groups is 1. The van der Waals surface area contributed by atoms with Crippen LogP contribution in [0.5, 0.6) is 0 Å². The van der Waals surface area contributed by atoms with Crippen molar-refractivity contribution >= 4 is 23.5 Å². The second kappa shape index (κ2) is 12.5. The van der Waals surface area contributed by atoms with Gasteiger partial charge < -0.3 is 10.2 Å². The Labute approximate surface area is 150 Å². The first-order valence-corrected chi connectivity index (χ1v) is 10.4. The van der Waals surface area contributed by atoms with E-state index in [2.05, 4.69) is 13.0 Å². The van der Waals surface area contributed by atoms with Crippen LogP contribution in [0.4, 0.5) is 0 Å². The van der Waals surface area contributed by atoms with E-state index in [-0.39, 0.29) is 23.7 Å². The van der Waals surface area contributed by atoms with Gasteiger partial charge in [-0.05, 0) is 37.4 Å². The number of aliphatic hydroxyl groups excluding tert-OH is 1. The maximum atomic E-state index is 12.1. The molecule has 138 valence electrons. The zero-order chi connectivity index (χ0) is 17.8. The van der Waals surface area contributed by atoms with Gasteiger partial charge in [-0.3, -0.25) is 9.59 Å². The molecule has 1 saturated carbocycles. The molecule has 1 unspecified atom stereocenters. The number of ketones is 1. The van der Waals surface area contributed by atoms with Crippen LogP contribution in [0.3, 0.4) is 0 Å². The Morgan fingerprint density at radius 2 is 2.12 bits per heavy atom. The van der Waals surface area contributed by atoms with Crippen LogP contribution in [-0.4, -0.2) is 39.6 Å². The number of carboxylic acids is 1. The number of aliphatic hydroxyl groups is 1. The van der Waals surface area contributed by atoms with E-state index in [1.54, 1.807) is 0 Å². The van der Waals surface area contributed by atoms with Crippen LogP contribution in [0.25, 0.3) is 0 Å². The second-order valence-corrected chi connectivity index (χ2v) is 7.77. The minimum Gasteiger partial charge on any atom is -0.481 e. The lowest BCUT2D eigenvalue weighted by Gasteiger charge is -2.15. The van der Waals surface area contributed by atoms with E-state index in [1.807, 2.05) is 6.08 Å². The largest absolute Gasteiger partial charge is 0.481 e. The summed E-state index contributed by atoms with van der Waals surface area (Å²) >= 11 is 1.44. The molecule has 0 aromatic rings. The van der Waals surface area contributed by atoms with Crippen molar-refractivity contribution in [3.8, 4) is 0 Å². The number of hydrogen-bond donors (Lipinski definition) is 2. The lowest BCUT2D eigenvalue weighted by Crippen LogP contribution is -2.14. The lowest BCUT2D eigenvalue weighted by atomic mass is 9.89. The van der Waals surface area contributed by atoms with Gasteiger partial charge in [-0.2, -0.15) is 11.8 Å². The molecular weight excluding hydrogens is 324 g/mol. The third-order valence-corrected chi connectivity index (χ3v) is 5.65. The molecule has 24 heavy (non-hydrogen) atoms. The fourth-order valence-electron chi connectivity index (χ4n) is 3.24. The molecule has 1 aliphatic rings. The van der Waals surface area contributed by atoms with Crippen LogP contribution >= 0.6 is 11.8 Å². The summed E-state index contributed by atoms with van der Waals surface area (Å²) in [6, 6.07) is 0. The Morgan fingerprint density at radius 1 is 1.33 bits per heavy atom. The van der Waals surface area contributed by atoms with Gasteiger partial charge in [0.15, 0.2) is 0 Å². The SMILES string of the molecule is CCCCC[C@@H](O)/C=C/C1CCC(=O)[C@@H]1CCCCSCC(=O)O. The van der Waals surface area contributed by atoms with Gasteiger partial charge in [0, 0.05) is 12.3 Å². The van der Waals surface area contributed by atoms with Gasteiger partial charge >= 0.3 is 5.97 Å². The molecule has 1 aliphatic carbocycles. The number of unbranched alkanes of at least 4 members (excludes halogenated alkanes) is 3. The smallest absolute Gasteiger partial charge is 0.313 e. The van der Waals surface area contributed by atoms with Crippen molar-refractivity contribution in [2.24, 2.45) is 11.8 Å². The van der Waals surface area contributed by atoms with E-state index >= 15 is 0 Å². The topological polar surface area (TPSA) is 74.6 Å². The van der Waals surface area contributed by atoms with Crippen LogP contribution in [0.2, 0.25) is 0 Å². The van der Waals surface area contributed by atoms with Crippen molar-refractivity contribution in [1.82, 2.24) is 0 Å². The standard InChI is InChI=1S/C19H32O4S/c1-2-3-4-7-16(20)11-9-15-10-12-18(21)17(15)8-5-6-13-24-14-19(22)23/h9,11,15-17,20H,2-8,10,12-14H2,1H3,(H,22,23)/b11-9+/t15?,16-,17-/m1/s1. The number of carbonyl (C=O) groups is 2. The third-order valence-electron chi connectivity index (χ3n) is 4.62. The number of hydrogen-bond acceptors (Lipinski definition) is 4. The van der Waals surface area contributed by atoms with Crippen LogP contribution in [0.15, 0.2) is 12.2 Å². The predicted octanol–water partition coefficient (Wildman–Crippen LogP) is 4.07. The third kappa shape index (κ3) is 8.88. The summed E-state index contributed by atoms with van der Waals surface area (Å²) < 4.78 is 0. The molecule has 0 aromatic heterocycles. The van der Waals surface area contributed by atoms with Crippen molar-refractivity contribution in [1.29, 1.82) is 0 Å². The van der Waals surface area contributed by atoms with E-state index in [9.17, 15) is 14.7 Å². The Balaban J connectivity index is 2.28. The van der Waals surface area contributed by atoms with Crippen LogP contribution < -0.4 is 0 Å². The predicted molar refractivity (Wildman–Crippen MR) is 99.3 cm³/mol. The average molecular weight is 357 g/mol. The molecule has 3 atom stereocenters. The lowest BCUT2D eigenvalue weighted by molar-refractivity contribution is -0.133. The highest BCUT2D eigenvalue weighted by molar-refractivity contribution is 7.99. The second-order valence-electron chi connectivity index (χ2n) is 6.67. The highest BCUT2D eigenvalue weighted by atomic mass is 32.2. The summed E-state index contributed by atoms with van der Waals surface area (Å²) in [7, 11) is 0. The molecule has 2 N–H and O–H groups in total. The quantitative estimate of drug-likeness (QED) is 0.384. The maximum absolute atomic E-state index is 12.1. The van der Waals surface area contributed by atoms with Gasteiger partial charge in [0.05, 0.1) is 11.9 Å². The summed E-state index contributed by atoms with van der Waals surface area (Å²) in [4.78, 5) is 22.5. The Kier molecular flexibility index (Phi) is 11.1. The molecule has 0 aliphatic heterocycles. The zero-order valence-corrected chi connectivity index (χ0v) is 15.6. The first-order chi connectivity index (χ1) is 11.5. The molecule has 0 bridgehead atoms. The van der Waals surface area contributed by atoms with Gasteiger partial charge in [0.25, 0.3) is 0 Å². The highest BCUT2D eigenvalue weighted by Crippen LogP contribution is 2.34.